The van der Waals surface area contributed by atoms with Gasteiger partial charge in [0.2, 0.25) is 0 Å². The fraction of sp³-hybridized carbons (Fsp3) is 0.200. The number of anilines is 2. The van der Waals surface area contributed by atoms with Gasteiger partial charge in [0.15, 0.2) is 0 Å². The summed E-state index contributed by atoms with van der Waals surface area (Å²) in [6, 6.07) is 132. The van der Waals surface area contributed by atoms with Crippen molar-refractivity contribution < 1.29 is 58.8 Å². The fourth-order valence-electron chi connectivity index (χ4n) is 14.5. The summed E-state index contributed by atoms with van der Waals surface area (Å²) >= 11 is 6.82. The van der Waals surface area contributed by atoms with E-state index in [1.165, 1.54) is 38.9 Å². The van der Waals surface area contributed by atoms with E-state index in [2.05, 4.69) is 271 Å². The molecule has 6 aromatic heterocycles. The maximum absolute atomic E-state index is 6.05. The molecule has 2 saturated heterocycles. The van der Waals surface area contributed by atoms with Crippen LogP contribution in [0.4, 0.5) is 11.4 Å². The van der Waals surface area contributed by atoms with Gasteiger partial charge < -0.3 is 60.0 Å². The summed E-state index contributed by atoms with van der Waals surface area (Å²) in [6.07, 6.45) is 14.1. The molecule has 0 spiro atoms. The number of pyridine rings is 6. The van der Waals surface area contributed by atoms with Crippen molar-refractivity contribution >= 4 is 81.7 Å². The van der Waals surface area contributed by atoms with Crippen molar-refractivity contribution in [3.8, 4) is 101 Å². The van der Waals surface area contributed by atoms with Crippen molar-refractivity contribution in [1.29, 1.82) is 0 Å². The molecule has 0 saturated carbocycles. The Labute approximate surface area is 870 Å². The molecular weight excluding hydrogens is 2190 g/mol. The average molecular weight is 2310 g/mol. The van der Waals surface area contributed by atoms with Crippen LogP contribution in [0.15, 0.2) is 386 Å². The summed E-state index contributed by atoms with van der Waals surface area (Å²) in [4.78, 5) is 25.8. The SMILES string of the molecule is Brc1cc[c-]c(-c2ccccn2)c1.Brc1cc[c-]c(-c2ccccn2)c1.CC(C)Cc1ccc(-c2cc[c-]c(-c3ccccn3)c2)cc1.CC(C)Cc1ccc(-c2cc[c-]c(-c3ccccn3)c2)cc1.CC(C)Cc1ccc(B2OC(C)(C)C(C)(C)O2)cc1.CC1(C)OB(c2ccc(N)cc2)OC1(C)C.Nc1ccc(-c2cc[c-]c(-c3ccccn3)c2)cc1.[B]c1cc[c-]c(-c2ccccn2)c1.[Ir+3].[Ir+3]. The van der Waals surface area contributed by atoms with E-state index in [4.69, 9.17) is 37.9 Å². The molecule has 11 aromatic carbocycles. The summed E-state index contributed by atoms with van der Waals surface area (Å²) in [7, 11) is 5.10. The summed E-state index contributed by atoms with van der Waals surface area (Å²) in [6.45, 7) is 30.0. The van der Waals surface area contributed by atoms with Gasteiger partial charge in [-0.3, -0.25) is 0 Å². The van der Waals surface area contributed by atoms with Crippen LogP contribution in [0.5, 0.6) is 0 Å². The minimum absolute atomic E-state index is 0. The van der Waals surface area contributed by atoms with Crippen LogP contribution in [0.25, 0.3) is 101 Å². The number of nitrogens with zero attached hydrogens (tertiary/aromatic N) is 6. The van der Waals surface area contributed by atoms with E-state index < -0.39 is 0 Å². The Balaban J connectivity index is 0.000000165. The summed E-state index contributed by atoms with van der Waals surface area (Å²) < 4.78 is 26.0. The van der Waals surface area contributed by atoms with Crippen molar-refractivity contribution in [2.24, 2.45) is 17.8 Å². The Morgan fingerprint density at radius 1 is 0.281 bits per heavy atom. The zero-order valence-corrected chi connectivity index (χ0v) is 89.2. The first-order valence-corrected chi connectivity index (χ1v) is 47.8. The molecule has 4 N–H and O–H groups in total. The molecule has 2 aliphatic heterocycles. The number of aromatic nitrogens is 6. The van der Waals surface area contributed by atoms with Gasteiger partial charge in [0.1, 0.15) is 0 Å². The molecule has 19 rings (SSSR count). The Morgan fingerprint density at radius 3 is 0.748 bits per heavy atom. The maximum atomic E-state index is 6.05. The molecule has 0 amide bonds. The standard InChI is InChI=1S/2C21H20N.C17H13N2.C16H25BO2.C12H18BNO2.C11H7BN.2C11H7BrN.2Ir/c2*1-16(2)14-17-9-11-18(12-10-17)19-6-5-7-20(15-19)21-8-3-4-13-22-21;18-16-9-7-13(8-10-16)14-4-3-5-15(12-14)17-6-1-2-11-19-17;1-12(2)11-13-7-9-14(10-8-13)17-18-15(3,4)16(5,6)19-17;1-11(2)12(3,4)16-13(15-11)9-5-7-10(14)8-6-9;3*12-10-5-3-4-9(8-10)11-6-1-2-7-13-11;;/h2*3-6,8-13,15-16H,14H2,1-2H3;1-4,6-12H,18H2;7-10,12H,11H2,1-6H3;5-8H,14H2,1-4H3;3*1-3,5-8H;;/q3*-1;;;3*-1;2*+3. The number of hydrogen-bond donors (Lipinski definition) is 2. The quantitative estimate of drug-likeness (QED) is 0.0504. The number of hydrogen-bond acceptors (Lipinski definition) is 12. The normalized spacial score (nSPS) is 13.1. The predicted octanol–water partition coefficient (Wildman–Crippen LogP) is 27.3. The van der Waals surface area contributed by atoms with Crippen molar-refractivity contribution in [3.63, 3.8) is 0 Å². The zero-order chi connectivity index (χ0) is 97.3. The van der Waals surface area contributed by atoms with E-state index >= 15 is 0 Å². The van der Waals surface area contributed by atoms with E-state index in [1.807, 2.05) is 271 Å². The second kappa shape index (κ2) is 53.6. The van der Waals surface area contributed by atoms with Gasteiger partial charge in [-0.15, -0.1) is 196 Å². The van der Waals surface area contributed by atoms with E-state index in [-0.39, 0.29) is 76.9 Å². The third kappa shape index (κ3) is 33.7. The van der Waals surface area contributed by atoms with E-state index in [0.717, 1.165) is 135 Å². The summed E-state index contributed by atoms with van der Waals surface area (Å²) in [5, 5.41) is 0. The zero-order valence-electron chi connectivity index (χ0n) is 81.3. The first kappa shape index (κ1) is 109. The second-order valence-electron chi connectivity index (χ2n) is 36.5. The van der Waals surface area contributed by atoms with Gasteiger partial charge in [-0.2, -0.15) is 5.46 Å². The third-order valence-corrected chi connectivity index (χ3v) is 24.1. The number of nitrogen functional groups attached to an aromatic ring is 2. The van der Waals surface area contributed by atoms with Crippen molar-refractivity contribution in [2.75, 3.05) is 11.5 Å². The summed E-state index contributed by atoms with van der Waals surface area (Å²) in [5.41, 5.74) is 37.6. The molecule has 2 fully saturated rings. The first-order chi connectivity index (χ1) is 65.9. The van der Waals surface area contributed by atoms with E-state index in [0.29, 0.717) is 17.8 Å². The maximum Gasteiger partial charge on any atom is 3.00 e. The molecular formula is C120H117B3Br2Ir2N8O4. The molecule has 702 valence electrons. The minimum Gasteiger partial charge on any atom is -0.399 e. The van der Waals surface area contributed by atoms with Gasteiger partial charge in [-0.1, -0.05) is 252 Å². The molecule has 0 atom stereocenters. The second-order valence-corrected chi connectivity index (χ2v) is 38.4. The van der Waals surface area contributed by atoms with Crippen LogP contribution < -0.4 is 27.9 Å². The van der Waals surface area contributed by atoms with Crippen LogP contribution in [-0.4, -0.2) is 74.4 Å². The van der Waals surface area contributed by atoms with Crippen LogP contribution in [0.2, 0.25) is 0 Å². The number of nitrogens with two attached hydrogens (primary N) is 2. The number of benzene rings is 11. The van der Waals surface area contributed by atoms with Crippen molar-refractivity contribution in [2.45, 2.75) is 139 Å². The third-order valence-electron chi connectivity index (χ3n) is 23.1. The molecule has 17 aromatic rings. The minimum atomic E-state index is -0.300. The van der Waals surface area contributed by atoms with Gasteiger partial charge in [0.25, 0.3) is 0 Å². The molecule has 139 heavy (non-hydrogen) atoms. The Morgan fingerprint density at radius 2 is 0.504 bits per heavy atom. The molecule has 0 aliphatic carbocycles. The van der Waals surface area contributed by atoms with Crippen LogP contribution >= 0.6 is 31.9 Å². The fourth-order valence-corrected chi connectivity index (χ4v) is 15.2. The van der Waals surface area contributed by atoms with Crippen LogP contribution in [0.1, 0.15) is 114 Å². The monoisotopic (exact) mass is 2310 g/mol. The van der Waals surface area contributed by atoms with Crippen molar-refractivity contribution in [3.05, 3.63) is 439 Å². The molecule has 2 aliphatic rings. The molecule has 0 unspecified atom stereocenters. The molecule has 12 nitrogen and oxygen atoms in total. The number of rotatable bonds is 17. The van der Waals surface area contributed by atoms with E-state index in [9.17, 15) is 0 Å². The molecule has 0 bridgehead atoms. The largest absolute Gasteiger partial charge is 3.00 e. The van der Waals surface area contributed by atoms with E-state index in [1.54, 1.807) is 30.9 Å². The van der Waals surface area contributed by atoms with Gasteiger partial charge in [0.05, 0.1) is 30.3 Å². The average Bonchev–Trinajstić information content (AvgIpc) is 1.63. The van der Waals surface area contributed by atoms with Gasteiger partial charge in [0, 0.05) is 48.6 Å². The first-order valence-electron chi connectivity index (χ1n) is 46.2. The predicted molar refractivity (Wildman–Crippen MR) is 577 cm³/mol. The number of halogens is 2. The van der Waals surface area contributed by atoms with Crippen molar-refractivity contribution in [1.82, 2.24) is 29.9 Å². The Kier molecular flexibility index (Phi) is 42.1. The van der Waals surface area contributed by atoms with Gasteiger partial charge in [-0.05, 0) is 232 Å². The van der Waals surface area contributed by atoms with Crippen LogP contribution in [0.3, 0.4) is 0 Å². The smallest absolute Gasteiger partial charge is 0.399 e. The molecule has 19 heteroatoms. The van der Waals surface area contributed by atoms with Crippen LogP contribution in [0, 0.1) is 54.2 Å². The summed E-state index contributed by atoms with van der Waals surface area (Å²) in [5.74, 6) is 2.06. The Hall–Kier alpha value is -11.8. The van der Waals surface area contributed by atoms with Crippen LogP contribution in [-0.2, 0) is 78.1 Å². The van der Waals surface area contributed by atoms with Gasteiger partial charge in [-0.25, -0.2) is 0 Å². The Bertz CT molecular complexity index is 6180. The molecule has 8 heterocycles. The topological polar surface area (TPSA) is 166 Å². The van der Waals surface area contributed by atoms with Gasteiger partial charge >= 0.3 is 54.4 Å². The molecule has 2 radical (unpaired) electrons.